The van der Waals surface area contributed by atoms with Gasteiger partial charge in [-0.05, 0) is 50.3 Å². The van der Waals surface area contributed by atoms with Gasteiger partial charge in [-0.25, -0.2) is 4.79 Å². The van der Waals surface area contributed by atoms with E-state index in [0.717, 1.165) is 51.1 Å². The van der Waals surface area contributed by atoms with Gasteiger partial charge in [-0.3, -0.25) is 9.69 Å². The fraction of sp³-hybridized carbons (Fsp3) is 0.700. The van der Waals surface area contributed by atoms with Crippen LogP contribution in [0.5, 0.6) is 0 Å². The van der Waals surface area contributed by atoms with Gasteiger partial charge >= 0.3 is 12.1 Å². The molecule has 168 valence electrons. The van der Waals surface area contributed by atoms with Gasteiger partial charge in [-0.2, -0.15) is 13.2 Å². The van der Waals surface area contributed by atoms with E-state index in [1.54, 1.807) is 6.26 Å². The molecule has 0 radical (unpaired) electrons. The summed E-state index contributed by atoms with van der Waals surface area (Å²) >= 11 is 0. The molecule has 2 N–H and O–H groups in total. The van der Waals surface area contributed by atoms with Crippen molar-refractivity contribution in [2.24, 2.45) is 5.92 Å². The summed E-state index contributed by atoms with van der Waals surface area (Å²) in [6, 6.07) is 4.32. The van der Waals surface area contributed by atoms with Gasteiger partial charge in [-0.15, -0.1) is 0 Å². The van der Waals surface area contributed by atoms with E-state index in [9.17, 15) is 18.0 Å². The second-order valence-electron chi connectivity index (χ2n) is 8.05. The Bertz CT molecular complexity index is 704. The third-order valence-corrected chi connectivity index (χ3v) is 5.83. The Labute approximate surface area is 172 Å². The number of carbonyl (C=O) groups is 2. The fourth-order valence-electron chi connectivity index (χ4n) is 4.29. The first kappa shape index (κ1) is 22.6. The second kappa shape index (κ2) is 9.82. The number of rotatable bonds is 4. The number of halogens is 3. The summed E-state index contributed by atoms with van der Waals surface area (Å²) in [5.74, 6) is -1.12. The van der Waals surface area contributed by atoms with Crippen molar-refractivity contribution in [1.29, 1.82) is 0 Å². The predicted molar refractivity (Wildman–Crippen MR) is 99.5 cm³/mol. The molecule has 7 nitrogen and oxygen atoms in total. The number of likely N-dealkylation sites (tertiary alicyclic amines) is 1. The number of aliphatic carboxylic acids is 1. The van der Waals surface area contributed by atoms with Crippen molar-refractivity contribution in [2.45, 2.75) is 69.5 Å². The number of hydrogen-bond acceptors (Lipinski definition) is 5. The second-order valence-corrected chi connectivity index (χ2v) is 8.05. The van der Waals surface area contributed by atoms with Crippen LogP contribution in [0.2, 0.25) is 0 Å². The Morgan fingerprint density at radius 1 is 1.23 bits per heavy atom. The lowest BCUT2D eigenvalue weighted by atomic mass is 9.91. The molecule has 1 aromatic heterocycles. The summed E-state index contributed by atoms with van der Waals surface area (Å²) in [6.07, 6.45) is 3.32. The molecule has 1 saturated carbocycles. The van der Waals surface area contributed by atoms with E-state index in [1.165, 1.54) is 12.8 Å². The van der Waals surface area contributed by atoms with Crippen LogP contribution in [-0.4, -0.2) is 59.4 Å². The van der Waals surface area contributed by atoms with E-state index < -0.39 is 12.1 Å². The van der Waals surface area contributed by atoms with E-state index in [0.29, 0.717) is 12.0 Å². The number of carboxylic acids is 1. The van der Waals surface area contributed by atoms with Crippen LogP contribution >= 0.6 is 0 Å². The lowest BCUT2D eigenvalue weighted by Gasteiger charge is -2.33. The Morgan fingerprint density at radius 3 is 2.53 bits per heavy atom. The summed E-state index contributed by atoms with van der Waals surface area (Å²) in [5, 5.41) is 10.3. The van der Waals surface area contributed by atoms with Gasteiger partial charge in [0.2, 0.25) is 5.91 Å². The molecule has 0 unspecified atom stereocenters. The number of hydrogen-bond donors (Lipinski definition) is 2. The maximum atomic E-state index is 12.4. The van der Waals surface area contributed by atoms with Crippen molar-refractivity contribution in [3.8, 4) is 0 Å². The zero-order valence-corrected chi connectivity index (χ0v) is 16.6. The lowest BCUT2D eigenvalue weighted by molar-refractivity contribution is -0.192. The summed E-state index contributed by atoms with van der Waals surface area (Å²) in [4.78, 5) is 23.7. The average molecular weight is 432 g/mol. The van der Waals surface area contributed by atoms with Crippen LogP contribution in [0, 0.1) is 5.92 Å². The highest BCUT2D eigenvalue weighted by atomic mass is 19.4. The monoisotopic (exact) mass is 432 g/mol. The quantitative estimate of drug-likeness (QED) is 0.760. The van der Waals surface area contributed by atoms with Crippen LogP contribution in [0.1, 0.15) is 44.3 Å². The van der Waals surface area contributed by atoms with Crippen molar-refractivity contribution in [3.63, 3.8) is 0 Å². The van der Waals surface area contributed by atoms with Crippen molar-refractivity contribution < 1.29 is 37.0 Å². The summed E-state index contributed by atoms with van der Waals surface area (Å²) in [5.41, 5.74) is 0. The largest absolute Gasteiger partial charge is 0.490 e. The van der Waals surface area contributed by atoms with Gasteiger partial charge in [0.1, 0.15) is 11.9 Å². The number of ether oxygens (including phenoxy) is 1. The number of piperidine rings is 1. The van der Waals surface area contributed by atoms with Crippen LogP contribution in [0.4, 0.5) is 13.2 Å². The first-order valence-corrected chi connectivity index (χ1v) is 10.2. The van der Waals surface area contributed by atoms with Crippen molar-refractivity contribution in [3.05, 3.63) is 24.2 Å². The number of nitrogens with one attached hydrogen (secondary N) is 1. The highest BCUT2D eigenvalue weighted by molar-refractivity contribution is 5.81. The number of carboxylic acid groups (broad SMARTS) is 1. The molecular weight excluding hydrogens is 405 g/mol. The number of amides is 1. The highest BCUT2D eigenvalue weighted by Gasteiger charge is 2.42. The molecule has 1 amide bonds. The summed E-state index contributed by atoms with van der Waals surface area (Å²) < 4.78 is 43.3. The SMILES string of the molecule is O=C(NC1CCCC1)[C@@H]1C[C@@H]2CCN(Cc3ccco3)C[C@H]2O1.O=C(O)C(F)(F)F. The van der Waals surface area contributed by atoms with Gasteiger partial charge < -0.3 is 19.6 Å². The minimum atomic E-state index is -5.08. The van der Waals surface area contributed by atoms with Gasteiger partial charge in [0, 0.05) is 12.6 Å². The summed E-state index contributed by atoms with van der Waals surface area (Å²) in [6.45, 7) is 2.79. The first-order chi connectivity index (χ1) is 14.2. The standard InChI is InChI=1S/C18H26N2O3.C2HF3O2/c21-18(19-14-4-1-2-5-14)16-10-13-7-8-20(12-17(13)23-16)11-15-6-3-9-22-15;3-2(4,5)1(6)7/h3,6,9,13-14,16-17H,1-2,4-5,7-8,10-12H2,(H,19,21);(H,6,7)/t13-,16-,17+;/m0./s1. The molecule has 0 bridgehead atoms. The zero-order chi connectivity index (χ0) is 21.7. The zero-order valence-electron chi connectivity index (χ0n) is 16.6. The van der Waals surface area contributed by atoms with Crippen molar-refractivity contribution >= 4 is 11.9 Å². The molecule has 2 saturated heterocycles. The maximum absolute atomic E-state index is 12.4. The highest BCUT2D eigenvalue weighted by Crippen LogP contribution is 2.34. The van der Waals surface area contributed by atoms with Crippen molar-refractivity contribution in [1.82, 2.24) is 10.2 Å². The maximum Gasteiger partial charge on any atom is 0.490 e. The smallest absolute Gasteiger partial charge is 0.475 e. The fourth-order valence-corrected chi connectivity index (χ4v) is 4.29. The van der Waals surface area contributed by atoms with Crippen LogP contribution in [0.15, 0.2) is 22.8 Å². The minimum Gasteiger partial charge on any atom is -0.475 e. The molecule has 10 heteroatoms. The Balaban J connectivity index is 0.000000318. The third-order valence-electron chi connectivity index (χ3n) is 5.83. The summed E-state index contributed by atoms with van der Waals surface area (Å²) in [7, 11) is 0. The number of carbonyl (C=O) groups excluding carboxylic acids is 1. The van der Waals surface area contributed by atoms with Crippen LogP contribution in [0.25, 0.3) is 0 Å². The number of nitrogens with zero attached hydrogens (tertiary/aromatic N) is 1. The van der Waals surface area contributed by atoms with E-state index in [2.05, 4.69) is 10.2 Å². The Kier molecular flexibility index (Phi) is 7.41. The van der Waals surface area contributed by atoms with Crippen LogP contribution < -0.4 is 5.32 Å². The van der Waals surface area contributed by atoms with Crippen LogP contribution in [0.3, 0.4) is 0 Å². The molecule has 0 aromatic carbocycles. The van der Waals surface area contributed by atoms with E-state index in [-0.39, 0.29) is 18.1 Å². The molecule has 2 aliphatic heterocycles. The lowest BCUT2D eigenvalue weighted by Crippen LogP contribution is -2.42. The molecule has 3 aliphatic rings. The Hall–Kier alpha value is -2.07. The van der Waals surface area contributed by atoms with E-state index >= 15 is 0 Å². The van der Waals surface area contributed by atoms with Crippen LogP contribution in [-0.2, 0) is 20.9 Å². The van der Waals surface area contributed by atoms with E-state index in [1.807, 2.05) is 12.1 Å². The Morgan fingerprint density at radius 2 is 1.93 bits per heavy atom. The van der Waals surface area contributed by atoms with Gasteiger partial charge in [-0.1, -0.05) is 12.8 Å². The van der Waals surface area contributed by atoms with Gasteiger partial charge in [0.05, 0.1) is 18.9 Å². The minimum absolute atomic E-state index is 0.115. The first-order valence-electron chi connectivity index (χ1n) is 10.2. The predicted octanol–water partition coefficient (Wildman–Crippen LogP) is 2.95. The molecule has 1 aliphatic carbocycles. The molecule has 3 atom stereocenters. The molecule has 30 heavy (non-hydrogen) atoms. The number of alkyl halides is 3. The number of furan rings is 1. The van der Waals surface area contributed by atoms with Crippen molar-refractivity contribution in [2.75, 3.05) is 13.1 Å². The average Bonchev–Trinajstić information content (AvgIpc) is 3.42. The molecule has 0 spiro atoms. The topological polar surface area (TPSA) is 92.0 Å². The van der Waals surface area contributed by atoms with Gasteiger partial charge in [0.15, 0.2) is 0 Å². The molecule has 3 fully saturated rings. The third kappa shape index (κ3) is 6.21. The normalized spacial score (nSPS) is 27.2. The molecular formula is C20H27F3N2O5. The van der Waals surface area contributed by atoms with E-state index in [4.69, 9.17) is 19.1 Å². The molecule has 3 heterocycles. The van der Waals surface area contributed by atoms with Gasteiger partial charge in [0.25, 0.3) is 0 Å². The number of fused-ring (bicyclic) bond motifs is 1. The molecule has 1 aromatic rings. The molecule has 4 rings (SSSR count).